The Morgan fingerprint density at radius 1 is 1.42 bits per heavy atom. The minimum Gasteiger partial charge on any atom is -0.480 e. The molecule has 2 atom stereocenters. The summed E-state index contributed by atoms with van der Waals surface area (Å²) < 4.78 is 0. The van der Waals surface area contributed by atoms with Gasteiger partial charge in [-0.15, -0.1) is 0 Å². The molecule has 2 amide bonds. The molecule has 1 rings (SSSR count). The molecule has 0 spiro atoms. The van der Waals surface area contributed by atoms with E-state index in [1.165, 1.54) is 12.8 Å². The van der Waals surface area contributed by atoms with Crippen LogP contribution in [0.3, 0.4) is 0 Å². The number of carboxylic acid groups (broad SMARTS) is 1. The van der Waals surface area contributed by atoms with E-state index in [4.69, 9.17) is 10.2 Å². The Labute approximate surface area is 113 Å². The zero-order chi connectivity index (χ0) is 14.4. The SMILES string of the molecule is CC(CNC(=O)N[C@@H](CCO)C(=O)O)N(C)C1CC1. The maximum absolute atomic E-state index is 11.6. The summed E-state index contributed by atoms with van der Waals surface area (Å²) in [6, 6.07) is -0.751. The summed E-state index contributed by atoms with van der Waals surface area (Å²) in [5.41, 5.74) is 0. The average Bonchev–Trinajstić information content (AvgIpc) is 3.18. The van der Waals surface area contributed by atoms with Crippen molar-refractivity contribution in [3.63, 3.8) is 0 Å². The number of rotatable bonds is 8. The Balaban J connectivity index is 2.27. The van der Waals surface area contributed by atoms with Crippen molar-refractivity contribution in [1.82, 2.24) is 15.5 Å². The number of nitrogens with zero attached hydrogens (tertiary/aromatic N) is 1. The van der Waals surface area contributed by atoms with Crippen molar-refractivity contribution in [1.29, 1.82) is 0 Å². The van der Waals surface area contributed by atoms with Gasteiger partial charge >= 0.3 is 12.0 Å². The molecule has 1 aliphatic rings. The predicted molar refractivity (Wildman–Crippen MR) is 69.9 cm³/mol. The highest BCUT2D eigenvalue weighted by Gasteiger charge is 2.29. The van der Waals surface area contributed by atoms with Crippen LogP contribution in [-0.2, 0) is 4.79 Å². The van der Waals surface area contributed by atoms with Crippen LogP contribution < -0.4 is 10.6 Å². The van der Waals surface area contributed by atoms with Gasteiger partial charge in [-0.25, -0.2) is 9.59 Å². The van der Waals surface area contributed by atoms with Crippen LogP contribution in [0.25, 0.3) is 0 Å². The van der Waals surface area contributed by atoms with Crippen molar-refractivity contribution in [2.75, 3.05) is 20.2 Å². The second-order valence-electron chi connectivity index (χ2n) is 5.00. The van der Waals surface area contributed by atoms with E-state index in [2.05, 4.69) is 15.5 Å². The van der Waals surface area contributed by atoms with Gasteiger partial charge in [-0.1, -0.05) is 0 Å². The van der Waals surface area contributed by atoms with E-state index in [9.17, 15) is 9.59 Å². The van der Waals surface area contributed by atoms with E-state index in [0.717, 1.165) is 0 Å². The molecule has 4 N–H and O–H groups in total. The lowest BCUT2D eigenvalue weighted by atomic mass is 10.2. The van der Waals surface area contributed by atoms with Gasteiger partial charge in [0.15, 0.2) is 0 Å². The highest BCUT2D eigenvalue weighted by Crippen LogP contribution is 2.26. The predicted octanol–water partition coefficient (Wildman–Crippen LogP) is -0.396. The van der Waals surface area contributed by atoms with Crippen LogP contribution in [-0.4, -0.2) is 65.4 Å². The van der Waals surface area contributed by atoms with Gasteiger partial charge in [0.05, 0.1) is 0 Å². The quantitative estimate of drug-likeness (QED) is 0.482. The number of hydrogen-bond acceptors (Lipinski definition) is 4. The molecule has 0 saturated heterocycles. The number of aliphatic hydroxyl groups excluding tert-OH is 1. The summed E-state index contributed by atoms with van der Waals surface area (Å²) in [6.07, 6.45) is 2.40. The molecule has 7 heteroatoms. The van der Waals surface area contributed by atoms with Crippen LogP contribution >= 0.6 is 0 Å². The van der Waals surface area contributed by atoms with Crippen molar-refractivity contribution in [3.05, 3.63) is 0 Å². The topological polar surface area (TPSA) is 102 Å². The fourth-order valence-corrected chi connectivity index (χ4v) is 1.82. The van der Waals surface area contributed by atoms with Crippen molar-refractivity contribution in [2.24, 2.45) is 0 Å². The third-order valence-electron chi connectivity index (χ3n) is 3.40. The highest BCUT2D eigenvalue weighted by molar-refractivity contribution is 5.82. The van der Waals surface area contributed by atoms with Gasteiger partial charge in [-0.3, -0.25) is 4.90 Å². The molecule has 19 heavy (non-hydrogen) atoms. The largest absolute Gasteiger partial charge is 0.480 e. The first kappa shape index (κ1) is 15.7. The number of hydrogen-bond donors (Lipinski definition) is 4. The smallest absolute Gasteiger partial charge is 0.326 e. The third kappa shape index (κ3) is 5.44. The molecule has 1 saturated carbocycles. The van der Waals surface area contributed by atoms with Crippen molar-refractivity contribution in [3.8, 4) is 0 Å². The van der Waals surface area contributed by atoms with E-state index in [-0.39, 0.29) is 19.1 Å². The van der Waals surface area contributed by atoms with Crippen molar-refractivity contribution in [2.45, 2.75) is 44.3 Å². The molecule has 1 aliphatic carbocycles. The van der Waals surface area contributed by atoms with Crippen LogP contribution in [0, 0.1) is 0 Å². The zero-order valence-corrected chi connectivity index (χ0v) is 11.4. The average molecular weight is 273 g/mol. The summed E-state index contributed by atoms with van der Waals surface area (Å²) in [5, 5.41) is 22.5. The monoisotopic (exact) mass is 273 g/mol. The fourth-order valence-electron chi connectivity index (χ4n) is 1.82. The van der Waals surface area contributed by atoms with E-state index in [1.807, 2.05) is 14.0 Å². The molecular weight excluding hydrogens is 250 g/mol. The standard InChI is InChI=1S/C12H23N3O4/c1-8(15(2)9-3-4-9)7-13-12(19)14-10(5-6-16)11(17)18/h8-10,16H,3-7H2,1-2H3,(H,17,18)(H2,13,14,19)/t8?,10-/m0/s1. The van der Waals surface area contributed by atoms with E-state index in [0.29, 0.717) is 12.6 Å². The van der Waals surface area contributed by atoms with Crippen LogP contribution in [0.2, 0.25) is 0 Å². The Kier molecular flexibility index (Phi) is 6.04. The highest BCUT2D eigenvalue weighted by atomic mass is 16.4. The second kappa shape index (κ2) is 7.30. The molecule has 110 valence electrons. The van der Waals surface area contributed by atoms with E-state index < -0.39 is 18.0 Å². The van der Waals surface area contributed by atoms with Gasteiger partial charge in [0.25, 0.3) is 0 Å². The molecular formula is C12H23N3O4. The van der Waals surface area contributed by atoms with Crippen molar-refractivity contribution >= 4 is 12.0 Å². The number of likely N-dealkylation sites (N-methyl/N-ethyl adjacent to an activating group) is 1. The van der Waals surface area contributed by atoms with Gasteiger partial charge in [-0.05, 0) is 26.8 Å². The van der Waals surface area contributed by atoms with Crippen molar-refractivity contribution < 1.29 is 19.8 Å². The summed E-state index contributed by atoms with van der Waals surface area (Å²) in [6.45, 7) is 2.20. The van der Waals surface area contributed by atoms with Gasteiger partial charge in [0, 0.05) is 31.7 Å². The number of carbonyl (C=O) groups excluding carboxylic acids is 1. The minimum absolute atomic E-state index is 0.000282. The first-order chi connectivity index (χ1) is 8.95. The molecule has 1 unspecified atom stereocenters. The van der Waals surface area contributed by atoms with Gasteiger partial charge in [0.2, 0.25) is 0 Å². The van der Waals surface area contributed by atoms with Crippen LogP contribution in [0.5, 0.6) is 0 Å². The molecule has 0 aromatic heterocycles. The number of carbonyl (C=O) groups is 2. The lowest BCUT2D eigenvalue weighted by molar-refractivity contribution is -0.139. The molecule has 0 aromatic carbocycles. The molecule has 0 radical (unpaired) electrons. The maximum atomic E-state index is 11.6. The Bertz CT molecular complexity index is 320. The number of urea groups is 1. The molecule has 0 bridgehead atoms. The Morgan fingerprint density at radius 3 is 2.53 bits per heavy atom. The van der Waals surface area contributed by atoms with Gasteiger partial charge in [0.1, 0.15) is 6.04 Å². The molecule has 7 nitrogen and oxygen atoms in total. The lowest BCUT2D eigenvalue weighted by Crippen LogP contribution is -2.49. The normalized spacial score (nSPS) is 17.9. The Morgan fingerprint density at radius 2 is 2.05 bits per heavy atom. The first-order valence-electron chi connectivity index (χ1n) is 6.55. The van der Waals surface area contributed by atoms with Crippen LogP contribution in [0.1, 0.15) is 26.2 Å². The first-order valence-corrected chi connectivity index (χ1v) is 6.55. The van der Waals surface area contributed by atoms with E-state index in [1.54, 1.807) is 0 Å². The summed E-state index contributed by atoms with van der Waals surface area (Å²) in [5.74, 6) is -1.15. The molecule has 0 heterocycles. The van der Waals surface area contributed by atoms with Gasteiger partial charge in [-0.2, -0.15) is 0 Å². The lowest BCUT2D eigenvalue weighted by Gasteiger charge is -2.25. The third-order valence-corrected chi connectivity index (χ3v) is 3.40. The van der Waals surface area contributed by atoms with Crippen LogP contribution in [0.4, 0.5) is 4.79 Å². The summed E-state index contributed by atoms with van der Waals surface area (Å²) in [4.78, 5) is 24.6. The van der Waals surface area contributed by atoms with E-state index >= 15 is 0 Å². The fraction of sp³-hybridized carbons (Fsp3) is 0.833. The zero-order valence-electron chi connectivity index (χ0n) is 11.4. The molecule has 0 aromatic rings. The number of aliphatic hydroxyl groups is 1. The van der Waals surface area contributed by atoms with Gasteiger partial charge < -0.3 is 20.8 Å². The number of carboxylic acids is 1. The number of aliphatic carboxylic acids is 1. The van der Waals surface area contributed by atoms with Crippen LogP contribution in [0.15, 0.2) is 0 Å². The number of amides is 2. The molecule has 0 aliphatic heterocycles. The summed E-state index contributed by atoms with van der Waals surface area (Å²) in [7, 11) is 2.02. The second-order valence-corrected chi connectivity index (χ2v) is 5.00. The Hall–Kier alpha value is -1.34. The molecule has 1 fully saturated rings. The summed E-state index contributed by atoms with van der Waals surface area (Å²) >= 11 is 0. The maximum Gasteiger partial charge on any atom is 0.326 e. The number of nitrogens with one attached hydrogen (secondary N) is 2. The minimum atomic E-state index is -1.15.